The van der Waals surface area contributed by atoms with E-state index >= 15 is 0 Å². The standard InChI is InChI=1S/C23H22N2/c24-22(20-14-8-3-9-15-20)23-21(19-12-6-2-7-13-19)17-25(23)16-18-10-4-1-5-11-18/h1-15,21,23-24H,16-17H2/t21-,23+/m0/s1. The molecule has 1 fully saturated rings. The van der Waals surface area contributed by atoms with Crippen LogP contribution in [-0.2, 0) is 6.54 Å². The van der Waals surface area contributed by atoms with Crippen LogP contribution >= 0.6 is 0 Å². The molecular weight excluding hydrogens is 304 g/mol. The van der Waals surface area contributed by atoms with Gasteiger partial charge >= 0.3 is 0 Å². The van der Waals surface area contributed by atoms with Crippen LogP contribution in [0.4, 0.5) is 0 Å². The summed E-state index contributed by atoms with van der Waals surface area (Å²) >= 11 is 0. The zero-order valence-corrected chi connectivity index (χ0v) is 14.2. The Morgan fingerprint density at radius 2 is 1.36 bits per heavy atom. The lowest BCUT2D eigenvalue weighted by atomic mass is 9.78. The highest BCUT2D eigenvalue weighted by atomic mass is 15.2. The summed E-state index contributed by atoms with van der Waals surface area (Å²) in [7, 11) is 0. The molecule has 0 spiro atoms. The monoisotopic (exact) mass is 326 g/mol. The SMILES string of the molecule is N=C(c1ccccc1)[C@H]1[C@H](c2ccccc2)CN1Cc1ccccc1. The van der Waals surface area contributed by atoms with Crippen molar-refractivity contribution in [3.63, 3.8) is 0 Å². The summed E-state index contributed by atoms with van der Waals surface area (Å²) < 4.78 is 0. The Morgan fingerprint density at radius 3 is 2.00 bits per heavy atom. The van der Waals surface area contributed by atoms with E-state index in [9.17, 15) is 0 Å². The third-order valence-corrected chi connectivity index (χ3v) is 5.04. The molecule has 3 aromatic rings. The van der Waals surface area contributed by atoms with E-state index in [1.165, 1.54) is 11.1 Å². The van der Waals surface area contributed by atoms with Crippen LogP contribution in [0.15, 0.2) is 91.0 Å². The average molecular weight is 326 g/mol. The number of hydrogen-bond acceptors (Lipinski definition) is 2. The van der Waals surface area contributed by atoms with Crippen molar-refractivity contribution in [1.82, 2.24) is 4.90 Å². The summed E-state index contributed by atoms with van der Waals surface area (Å²) in [6, 6.07) is 31.4. The summed E-state index contributed by atoms with van der Waals surface area (Å²) in [5.74, 6) is 0.387. The lowest BCUT2D eigenvalue weighted by Gasteiger charge is -2.49. The van der Waals surface area contributed by atoms with Crippen molar-refractivity contribution in [2.24, 2.45) is 0 Å². The van der Waals surface area contributed by atoms with E-state index in [1.807, 2.05) is 30.3 Å². The molecule has 0 saturated carbocycles. The van der Waals surface area contributed by atoms with Gasteiger partial charge in [-0.15, -0.1) is 0 Å². The Balaban J connectivity index is 1.61. The highest BCUT2D eigenvalue weighted by molar-refractivity contribution is 6.03. The molecule has 1 saturated heterocycles. The summed E-state index contributed by atoms with van der Waals surface area (Å²) in [5, 5.41) is 8.82. The Bertz CT molecular complexity index is 828. The highest BCUT2D eigenvalue weighted by Crippen LogP contribution is 2.37. The molecule has 3 aromatic carbocycles. The first-order valence-electron chi connectivity index (χ1n) is 8.80. The van der Waals surface area contributed by atoms with E-state index in [0.717, 1.165) is 24.4 Å². The fourth-order valence-corrected chi connectivity index (χ4v) is 3.72. The van der Waals surface area contributed by atoms with E-state index in [0.29, 0.717) is 5.92 Å². The number of nitrogens with one attached hydrogen (secondary N) is 1. The summed E-state index contributed by atoms with van der Waals surface area (Å²) in [4.78, 5) is 2.42. The molecule has 1 aliphatic heterocycles. The maximum atomic E-state index is 8.82. The summed E-state index contributed by atoms with van der Waals surface area (Å²) in [6.07, 6.45) is 0. The average Bonchev–Trinajstić information content (AvgIpc) is 2.67. The van der Waals surface area contributed by atoms with Gasteiger partial charge in [-0.05, 0) is 16.7 Å². The molecule has 1 aliphatic rings. The van der Waals surface area contributed by atoms with Crippen LogP contribution in [0.2, 0.25) is 0 Å². The molecule has 0 aliphatic carbocycles. The van der Waals surface area contributed by atoms with Gasteiger partial charge < -0.3 is 5.41 Å². The number of rotatable bonds is 5. The molecule has 124 valence electrons. The van der Waals surface area contributed by atoms with Crippen LogP contribution in [0.3, 0.4) is 0 Å². The normalized spacial score (nSPS) is 20.0. The first-order valence-corrected chi connectivity index (χ1v) is 8.80. The predicted octanol–water partition coefficient (Wildman–Crippen LogP) is 4.72. The Morgan fingerprint density at radius 1 is 0.800 bits per heavy atom. The van der Waals surface area contributed by atoms with Gasteiger partial charge in [-0.1, -0.05) is 91.0 Å². The number of nitrogens with zero attached hydrogens (tertiary/aromatic N) is 1. The van der Waals surface area contributed by atoms with E-state index in [4.69, 9.17) is 5.41 Å². The topological polar surface area (TPSA) is 27.1 Å². The lowest BCUT2D eigenvalue weighted by Crippen LogP contribution is -2.57. The van der Waals surface area contributed by atoms with Gasteiger partial charge in [0.05, 0.1) is 11.8 Å². The molecule has 1 N–H and O–H groups in total. The quantitative estimate of drug-likeness (QED) is 0.675. The van der Waals surface area contributed by atoms with Crippen molar-refractivity contribution in [1.29, 1.82) is 5.41 Å². The van der Waals surface area contributed by atoms with Gasteiger partial charge in [0, 0.05) is 19.0 Å². The number of likely N-dealkylation sites (tertiary alicyclic amines) is 1. The minimum Gasteiger partial charge on any atom is -0.303 e. The maximum absolute atomic E-state index is 8.82. The molecule has 2 heteroatoms. The van der Waals surface area contributed by atoms with Crippen LogP contribution in [0.5, 0.6) is 0 Å². The van der Waals surface area contributed by atoms with Crippen LogP contribution in [0.1, 0.15) is 22.6 Å². The molecule has 0 amide bonds. The zero-order valence-electron chi connectivity index (χ0n) is 14.2. The molecule has 0 aromatic heterocycles. The van der Waals surface area contributed by atoms with Crippen LogP contribution in [0, 0.1) is 5.41 Å². The van der Waals surface area contributed by atoms with E-state index in [-0.39, 0.29) is 6.04 Å². The maximum Gasteiger partial charge on any atom is 0.0604 e. The van der Waals surface area contributed by atoms with Crippen molar-refractivity contribution in [2.45, 2.75) is 18.5 Å². The van der Waals surface area contributed by atoms with E-state index in [2.05, 4.69) is 65.6 Å². The second kappa shape index (κ2) is 7.04. The number of hydrogen-bond donors (Lipinski definition) is 1. The van der Waals surface area contributed by atoms with Gasteiger partial charge in [0.15, 0.2) is 0 Å². The fourth-order valence-electron chi connectivity index (χ4n) is 3.72. The first-order chi connectivity index (χ1) is 12.3. The van der Waals surface area contributed by atoms with Crippen molar-refractivity contribution >= 4 is 5.71 Å². The molecule has 2 atom stereocenters. The second-order valence-corrected chi connectivity index (χ2v) is 6.66. The molecular formula is C23H22N2. The van der Waals surface area contributed by atoms with Gasteiger partial charge in [0.2, 0.25) is 0 Å². The van der Waals surface area contributed by atoms with Gasteiger partial charge in [-0.3, -0.25) is 4.90 Å². The third kappa shape index (κ3) is 3.26. The van der Waals surface area contributed by atoms with Crippen molar-refractivity contribution < 1.29 is 0 Å². The van der Waals surface area contributed by atoms with Crippen LogP contribution in [-0.4, -0.2) is 23.2 Å². The van der Waals surface area contributed by atoms with Gasteiger partial charge in [-0.2, -0.15) is 0 Å². The molecule has 4 rings (SSSR count). The van der Waals surface area contributed by atoms with Crippen molar-refractivity contribution in [3.8, 4) is 0 Å². The second-order valence-electron chi connectivity index (χ2n) is 6.66. The van der Waals surface area contributed by atoms with Gasteiger partial charge in [0.25, 0.3) is 0 Å². The smallest absolute Gasteiger partial charge is 0.0604 e. The predicted molar refractivity (Wildman–Crippen MR) is 103 cm³/mol. The molecule has 0 radical (unpaired) electrons. The summed E-state index contributed by atoms with van der Waals surface area (Å²) in [5.41, 5.74) is 4.38. The van der Waals surface area contributed by atoms with Gasteiger partial charge in [0.1, 0.15) is 0 Å². The lowest BCUT2D eigenvalue weighted by molar-refractivity contribution is 0.0974. The molecule has 0 bridgehead atoms. The van der Waals surface area contributed by atoms with Crippen LogP contribution in [0.25, 0.3) is 0 Å². The first kappa shape index (κ1) is 15.8. The van der Waals surface area contributed by atoms with Crippen molar-refractivity contribution in [2.75, 3.05) is 6.54 Å². The summed E-state index contributed by atoms with van der Waals surface area (Å²) in [6.45, 7) is 1.89. The highest BCUT2D eigenvalue weighted by Gasteiger charge is 2.42. The fraction of sp³-hybridized carbons (Fsp3) is 0.174. The Hall–Kier alpha value is -2.71. The molecule has 25 heavy (non-hydrogen) atoms. The molecule has 1 heterocycles. The number of benzene rings is 3. The molecule has 2 nitrogen and oxygen atoms in total. The van der Waals surface area contributed by atoms with E-state index < -0.39 is 0 Å². The zero-order chi connectivity index (χ0) is 17.1. The Labute approximate surface area is 149 Å². The minimum absolute atomic E-state index is 0.130. The third-order valence-electron chi connectivity index (χ3n) is 5.04. The Kier molecular flexibility index (Phi) is 4.45. The van der Waals surface area contributed by atoms with Crippen LogP contribution < -0.4 is 0 Å². The van der Waals surface area contributed by atoms with E-state index in [1.54, 1.807) is 0 Å². The molecule has 0 unspecified atom stereocenters. The largest absolute Gasteiger partial charge is 0.303 e. The minimum atomic E-state index is 0.130. The van der Waals surface area contributed by atoms with Gasteiger partial charge in [-0.25, -0.2) is 0 Å². The van der Waals surface area contributed by atoms with Crippen molar-refractivity contribution in [3.05, 3.63) is 108 Å².